The Morgan fingerprint density at radius 1 is 1.47 bits per heavy atom. The Morgan fingerprint density at radius 2 is 2.00 bits per heavy atom. The van der Waals surface area contributed by atoms with E-state index in [0.29, 0.717) is 0 Å². The molecule has 0 bridgehead atoms. The third kappa shape index (κ3) is 3.57. The van der Waals surface area contributed by atoms with Gasteiger partial charge in [0.2, 0.25) is 0 Å². The molecule has 0 spiro atoms. The summed E-state index contributed by atoms with van der Waals surface area (Å²) in [6, 6.07) is 0. The largest absolute Gasteiger partial charge is 0.574 e. The lowest BCUT2D eigenvalue weighted by molar-refractivity contribution is -0.389. The summed E-state index contributed by atoms with van der Waals surface area (Å²) in [6.45, 7) is 0. The highest BCUT2D eigenvalue weighted by Crippen LogP contribution is 2.41. The van der Waals surface area contributed by atoms with E-state index in [2.05, 4.69) is 9.72 Å². The molecule has 1 aromatic rings. The van der Waals surface area contributed by atoms with Crippen LogP contribution < -0.4 is 4.74 Å². The van der Waals surface area contributed by atoms with Gasteiger partial charge in [-0.1, -0.05) is 0 Å². The molecule has 0 aliphatic carbocycles. The van der Waals surface area contributed by atoms with E-state index in [1.165, 1.54) is 0 Å². The molecule has 8 nitrogen and oxygen atoms in total. The Bertz CT molecular complexity index is 631. The molecule has 1 heterocycles. The number of aromatic hydroxyl groups is 1. The first-order valence-corrected chi connectivity index (χ1v) is 6.31. The van der Waals surface area contributed by atoms with Crippen LogP contribution in [0.15, 0.2) is 11.1 Å². The smallest absolute Gasteiger partial charge is 0.498 e. The van der Waals surface area contributed by atoms with Crippen molar-refractivity contribution in [3.05, 3.63) is 16.3 Å². The Labute approximate surface area is 107 Å². The average molecular weight is 323 g/mol. The third-order valence-electron chi connectivity index (χ3n) is 1.62. The van der Waals surface area contributed by atoms with Gasteiger partial charge in [0, 0.05) is 10.7 Å². The molecule has 1 N–H and O–H groups in total. The van der Waals surface area contributed by atoms with Gasteiger partial charge < -0.3 is 9.84 Å². The molecule has 1 aromatic heterocycles. The van der Waals surface area contributed by atoms with Gasteiger partial charge in [0.15, 0.2) is 4.90 Å². The minimum Gasteiger partial charge on any atom is -0.498 e. The van der Waals surface area contributed by atoms with E-state index in [4.69, 9.17) is 10.7 Å². The van der Waals surface area contributed by atoms with Gasteiger partial charge in [-0.15, -0.1) is 13.2 Å². The Morgan fingerprint density at radius 3 is 2.37 bits per heavy atom. The van der Waals surface area contributed by atoms with Crippen molar-refractivity contribution in [3.8, 4) is 11.6 Å². The monoisotopic (exact) mass is 322 g/mol. The summed E-state index contributed by atoms with van der Waals surface area (Å²) in [6.07, 6.45) is -5.11. The fourth-order valence-electron chi connectivity index (χ4n) is 0.997. The second-order valence-electron chi connectivity index (χ2n) is 2.87. The van der Waals surface area contributed by atoms with Crippen LogP contribution in [-0.2, 0) is 9.05 Å². The molecule has 106 valence electrons. The van der Waals surface area contributed by atoms with Gasteiger partial charge in [-0.25, -0.2) is 13.4 Å². The first kappa shape index (κ1) is 15.2. The maximum Gasteiger partial charge on any atom is 0.574 e. The Kier molecular flexibility index (Phi) is 3.77. The number of aromatic nitrogens is 1. The van der Waals surface area contributed by atoms with Gasteiger partial charge >= 0.3 is 12.0 Å². The van der Waals surface area contributed by atoms with Crippen LogP contribution >= 0.6 is 10.7 Å². The van der Waals surface area contributed by atoms with Crippen LogP contribution in [0.1, 0.15) is 0 Å². The molecule has 0 unspecified atom stereocenters. The lowest BCUT2D eigenvalue weighted by atomic mass is 10.4. The van der Waals surface area contributed by atoms with Crippen LogP contribution in [0.2, 0.25) is 0 Å². The van der Waals surface area contributed by atoms with Crippen molar-refractivity contribution in [2.75, 3.05) is 0 Å². The number of alkyl halides is 3. The minimum absolute atomic E-state index is 0.168. The minimum atomic E-state index is -5.28. The number of halogens is 4. The summed E-state index contributed by atoms with van der Waals surface area (Å²) < 4.78 is 60.8. The molecular formula is C6H2ClF3N2O6S. The summed E-state index contributed by atoms with van der Waals surface area (Å²) in [4.78, 5) is 10.7. The number of rotatable bonds is 3. The van der Waals surface area contributed by atoms with Crippen LogP contribution in [0, 0.1) is 10.1 Å². The summed E-state index contributed by atoms with van der Waals surface area (Å²) in [5, 5.41) is 19.8. The number of nitrogens with zero attached hydrogens (tertiary/aromatic N) is 2. The highest BCUT2D eigenvalue weighted by molar-refractivity contribution is 8.13. The predicted molar refractivity (Wildman–Crippen MR) is 52.3 cm³/mol. The standard InChI is InChI=1S/C6H2ClF3N2O6S/c7-19(16,17)2-1-11-5(18-6(8,9)10)4(13)3(2)12(14)15/h1,13H. The Hall–Kier alpha value is -1.82. The lowest BCUT2D eigenvalue weighted by Crippen LogP contribution is -2.18. The van der Waals surface area contributed by atoms with Gasteiger partial charge in [0.25, 0.3) is 20.7 Å². The summed E-state index contributed by atoms with van der Waals surface area (Å²) in [7, 11) is 0.129. The first-order chi connectivity index (χ1) is 8.43. The third-order valence-corrected chi connectivity index (χ3v) is 2.94. The number of ether oxygens (including phenoxy) is 1. The predicted octanol–water partition coefficient (Wildman–Crippen LogP) is 1.52. The molecular weight excluding hydrogens is 321 g/mol. The number of pyridine rings is 1. The highest BCUT2D eigenvalue weighted by Gasteiger charge is 2.38. The molecule has 0 saturated heterocycles. The molecule has 0 amide bonds. The van der Waals surface area contributed by atoms with Gasteiger partial charge in [-0.05, 0) is 0 Å². The van der Waals surface area contributed by atoms with Crippen molar-refractivity contribution in [2.24, 2.45) is 0 Å². The molecule has 13 heteroatoms. The highest BCUT2D eigenvalue weighted by atomic mass is 35.7. The SMILES string of the molecule is O=[N+]([O-])c1c(S(=O)(=O)Cl)cnc(OC(F)(F)F)c1O. The molecule has 19 heavy (non-hydrogen) atoms. The zero-order valence-corrected chi connectivity index (χ0v) is 9.95. The van der Waals surface area contributed by atoms with Crippen molar-refractivity contribution < 1.29 is 36.4 Å². The normalized spacial score (nSPS) is 12.2. The Balaban J connectivity index is 3.54. The quantitative estimate of drug-likeness (QED) is 0.509. The van der Waals surface area contributed by atoms with Crippen molar-refractivity contribution in [3.63, 3.8) is 0 Å². The zero-order chi connectivity index (χ0) is 15.0. The zero-order valence-electron chi connectivity index (χ0n) is 8.38. The molecule has 0 saturated carbocycles. The molecule has 0 aliphatic rings. The first-order valence-electron chi connectivity index (χ1n) is 4.00. The molecule has 0 aliphatic heterocycles. The van der Waals surface area contributed by atoms with E-state index < -0.39 is 42.5 Å². The van der Waals surface area contributed by atoms with Gasteiger partial charge in [-0.3, -0.25) is 10.1 Å². The van der Waals surface area contributed by atoms with E-state index >= 15 is 0 Å². The van der Waals surface area contributed by atoms with Gasteiger partial charge in [-0.2, -0.15) is 0 Å². The van der Waals surface area contributed by atoms with Crippen molar-refractivity contribution in [2.45, 2.75) is 11.3 Å². The fourth-order valence-corrected chi connectivity index (χ4v) is 1.92. The number of nitro groups is 1. The summed E-state index contributed by atoms with van der Waals surface area (Å²) in [5.41, 5.74) is -1.57. The summed E-state index contributed by atoms with van der Waals surface area (Å²) >= 11 is 0. The van der Waals surface area contributed by atoms with Crippen LogP contribution in [0.4, 0.5) is 18.9 Å². The maximum absolute atomic E-state index is 11.9. The van der Waals surface area contributed by atoms with E-state index in [-0.39, 0.29) is 6.20 Å². The van der Waals surface area contributed by atoms with E-state index in [0.717, 1.165) is 0 Å². The topological polar surface area (TPSA) is 120 Å². The molecule has 0 atom stereocenters. The molecule has 0 fully saturated rings. The number of hydrogen-bond donors (Lipinski definition) is 1. The second kappa shape index (κ2) is 4.70. The average Bonchev–Trinajstić information content (AvgIpc) is 2.16. The second-order valence-corrected chi connectivity index (χ2v) is 5.40. The van der Waals surface area contributed by atoms with Crippen LogP contribution in [0.5, 0.6) is 11.6 Å². The van der Waals surface area contributed by atoms with E-state index in [9.17, 15) is 36.8 Å². The van der Waals surface area contributed by atoms with Crippen molar-refractivity contribution in [1.29, 1.82) is 0 Å². The van der Waals surface area contributed by atoms with Gasteiger partial charge in [0.1, 0.15) is 0 Å². The maximum atomic E-state index is 11.9. The van der Waals surface area contributed by atoms with Crippen molar-refractivity contribution in [1.82, 2.24) is 4.98 Å². The van der Waals surface area contributed by atoms with Crippen LogP contribution in [-0.4, -0.2) is 29.8 Å². The van der Waals surface area contributed by atoms with E-state index in [1.54, 1.807) is 0 Å². The molecule has 1 rings (SSSR count). The molecule has 0 aromatic carbocycles. The van der Waals surface area contributed by atoms with E-state index in [1.807, 2.05) is 0 Å². The van der Waals surface area contributed by atoms with Gasteiger partial charge in [0.05, 0.1) is 11.1 Å². The summed E-state index contributed by atoms with van der Waals surface area (Å²) in [5.74, 6) is -3.27. The van der Waals surface area contributed by atoms with Crippen LogP contribution in [0.3, 0.4) is 0 Å². The fraction of sp³-hybridized carbons (Fsp3) is 0.167. The number of hydrogen-bond acceptors (Lipinski definition) is 7. The lowest BCUT2D eigenvalue weighted by Gasteiger charge is -2.09. The van der Waals surface area contributed by atoms with Crippen LogP contribution in [0.25, 0.3) is 0 Å². The molecule has 0 radical (unpaired) electrons. The van der Waals surface area contributed by atoms with Crippen molar-refractivity contribution >= 4 is 25.4 Å².